The molecule has 4 N–H and O–H groups in total. The Morgan fingerprint density at radius 1 is 0.884 bits per heavy atom. The van der Waals surface area contributed by atoms with Crippen molar-refractivity contribution in [2.24, 2.45) is 0 Å². The standard InChI is InChI=1S/C48H45ClF3N9O8/c49-31-11-15-35-37(26-31)55-47(54-35)61-45(66)34(42(57-61)29-7-9-30(10-8-29)48(50,51)52)14-6-28-4-12-32(13-5-28)69-25-24-68-27-40(63)59-22-20-58(21-23-59)19-18-53-36-3-1-2-33-41(36)46(67)60(44(33)65)38-16-17-39(62)56-43(38)64/h1-5,7-13,15,26,38,53,57H,6,14,16-25,27H2,(H,54,55)(H,56,62,64). The SMILES string of the molecule is O=C1CCC(N2C(=O)c3cccc(NCCN4CCN(C(=O)COCCOc5ccc(CCc6c(-c7ccc(C(F)(F)F)cc7)[nH]n(-c7nc8ccc(Cl)cc8[nH]7)c6=O)cc5)CC4)c3C2=O)C(=O)N1. The number of halogens is 4. The maximum Gasteiger partial charge on any atom is 0.416 e. The number of rotatable bonds is 16. The fourth-order valence-corrected chi connectivity index (χ4v) is 8.89. The van der Waals surface area contributed by atoms with Crippen LogP contribution in [-0.4, -0.2) is 129 Å². The topological polar surface area (TPSA) is 204 Å². The van der Waals surface area contributed by atoms with Gasteiger partial charge in [-0.05, 0) is 85.0 Å². The number of amides is 5. The lowest BCUT2D eigenvalue weighted by Gasteiger charge is -2.34. The summed E-state index contributed by atoms with van der Waals surface area (Å²) in [7, 11) is 0. The number of ether oxygens (including phenoxy) is 2. The van der Waals surface area contributed by atoms with Crippen molar-refractivity contribution in [1.82, 2.24) is 39.8 Å². The first-order valence-electron chi connectivity index (χ1n) is 22.3. The molecule has 5 heterocycles. The number of aromatic amines is 2. The summed E-state index contributed by atoms with van der Waals surface area (Å²) in [6.45, 7) is 3.61. The van der Waals surface area contributed by atoms with Gasteiger partial charge in [-0.2, -0.15) is 17.9 Å². The summed E-state index contributed by atoms with van der Waals surface area (Å²) in [6.07, 6.45) is -3.70. The van der Waals surface area contributed by atoms with E-state index in [9.17, 15) is 41.9 Å². The summed E-state index contributed by atoms with van der Waals surface area (Å²) in [4.78, 5) is 89.9. The molecule has 6 aromatic rings. The second-order valence-electron chi connectivity index (χ2n) is 16.8. The van der Waals surface area contributed by atoms with Crippen LogP contribution in [0, 0.1) is 0 Å². The maximum atomic E-state index is 13.9. The van der Waals surface area contributed by atoms with Gasteiger partial charge in [0.05, 0.1) is 40.0 Å². The molecular weight excluding hydrogens is 923 g/mol. The number of nitrogens with one attached hydrogen (secondary N) is 4. The first-order valence-corrected chi connectivity index (χ1v) is 22.6. The van der Waals surface area contributed by atoms with Gasteiger partial charge in [-0.1, -0.05) is 41.9 Å². The molecule has 9 rings (SSSR count). The van der Waals surface area contributed by atoms with Crippen molar-refractivity contribution in [1.29, 1.82) is 0 Å². The highest BCUT2D eigenvalue weighted by atomic mass is 35.5. The Labute approximate surface area is 396 Å². The lowest BCUT2D eigenvalue weighted by atomic mass is 10.0. The number of fused-ring (bicyclic) bond motifs is 2. The number of piperidine rings is 1. The Kier molecular flexibility index (Phi) is 13.4. The summed E-state index contributed by atoms with van der Waals surface area (Å²) in [5.41, 5.74) is 2.88. The second kappa shape index (κ2) is 19.7. The highest BCUT2D eigenvalue weighted by Gasteiger charge is 2.45. The molecule has 0 bridgehead atoms. The number of alkyl halides is 3. The highest BCUT2D eigenvalue weighted by molar-refractivity contribution is 6.31. The molecule has 5 amide bonds. The van der Waals surface area contributed by atoms with E-state index in [1.54, 1.807) is 53.4 Å². The Bertz CT molecular complexity index is 3000. The van der Waals surface area contributed by atoms with E-state index in [-0.39, 0.29) is 62.1 Å². The molecule has 2 fully saturated rings. The van der Waals surface area contributed by atoms with Gasteiger partial charge in [0.1, 0.15) is 25.0 Å². The number of imide groups is 2. The van der Waals surface area contributed by atoms with Gasteiger partial charge >= 0.3 is 6.18 Å². The van der Waals surface area contributed by atoms with Gasteiger partial charge in [-0.25, -0.2) is 4.98 Å². The first kappa shape index (κ1) is 46.8. The number of H-pyrrole nitrogens is 2. The molecule has 4 aromatic carbocycles. The molecule has 2 aromatic heterocycles. The van der Waals surface area contributed by atoms with Gasteiger partial charge < -0.3 is 24.7 Å². The number of carbonyl (C=O) groups excluding carboxylic acids is 5. The number of hydrogen-bond donors (Lipinski definition) is 4. The van der Waals surface area contributed by atoms with Crippen LogP contribution in [0.3, 0.4) is 0 Å². The minimum atomic E-state index is -4.52. The minimum Gasteiger partial charge on any atom is -0.491 e. The fraction of sp³-hybridized carbons (Fsp3) is 0.312. The average Bonchev–Trinajstić information content (AvgIpc) is 3.98. The summed E-state index contributed by atoms with van der Waals surface area (Å²) >= 11 is 6.14. The maximum absolute atomic E-state index is 13.9. The van der Waals surface area contributed by atoms with Gasteiger partial charge in [0.15, 0.2) is 0 Å². The van der Waals surface area contributed by atoms with Crippen LogP contribution in [0.25, 0.3) is 28.2 Å². The van der Waals surface area contributed by atoms with Crippen LogP contribution in [0.15, 0.2) is 89.7 Å². The summed E-state index contributed by atoms with van der Waals surface area (Å²) < 4.78 is 52.8. The Hall–Kier alpha value is -7.29. The van der Waals surface area contributed by atoms with E-state index in [4.69, 9.17) is 21.1 Å². The van der Waals surface area contributed by atoms with Crippen molar-refractivity contribution in [2.45, 2.75) is 37.9 Å². The number of aromatic nitrogens is 4. The molecule has 3 aliphatic rings. The van der Waals surface area contributed by atoms with Gasteiger partial charge in [0, 0.05) is 62.0 Å². The third kappa shape index (κ3) is 10.1. The molecular formula is C48H45ClF3N9O8. The summed E-state index contributed by atoms with van der Waals surface area (Å²) in [5.74, 6) is -1.61. The number of imidazole rings is 1. The van der Waals surface area contributed by atoms with Gasteiger partial charge in [0.2, 0.25) is 23.7 Å². The molecule has 1 atom stereocenters. The van der Waals surface area contributed by atoms with Crippen molar-refractivity contribution < 1.29 is 46.6 Å². The zero-order valence-corrected chi connectivity index (χ0v) is 37.6. The molecule has 0 spiro atoms. The van der Waals surface area contributed by atoms with Crippen LogP contribution in [0.4, 0.5) is 18.9 Å². The normalized spacial score (nSPS) is 16.6. The smallest absolute Gasteiger partial charge is 0.416 e. The third-order valence-electron chi connectivity index (χ3n) is 12.4. The van der Waals surface area contributed by atoms with E-state index in [1.807, 2.05) is 12.1 Å². The molecule has 69 heavy (non-hydrogen) atoms. The Morgan fingerprint density at radius 2 is 1.65 bits per heavy atom. The zero-order valence-electron chi connectivity index (χ0n) is 36.9. The lowest BCUT2D eigenvalue weighted by Crippen LogP contribution is -2.54. The number of nitrogens with zero attached hydrogens (tertiary/aromatic N) is 5. The number of anilines is 1. The van der Waals surface area contributed by atoms with Crippen LogP contribution >= 0.6 is 11.6 Å². The predicted octanol–water partition coefficient (Wildman–Crippen LogP) is 5.22. The lowest BCUT2D eigenvalue weighted by molar-refractivity contribution is -0.138. The average molecular weight is 968 g/mol. The van der Waals surface area contributed by atoms with Gasteiger partial charge in [-0.15, -0.1) is 0 Å². The zero-order chi connectivity index (χ0) is 48.4. The van der Waals surface area contributed by atoms with Crippen LogP contribution in [0.5, 0.6) is 5.75 Å². The van der Waals surface area contributed by atoms with Crippen molar-refractivity contribution in [3.63, 3.8) is 0 Å². The number of carbonyl (C=O) groups is 5. The van der Waals surface area contributed by atoms with Crippen LogP contribution in [0.1, 0.15) is 50.2 Å². The van der Waals surface area contributed by atoms with Gasteiger partial charge in [0.25, 0.3) is 17.4 Å². The Morgan fingerprint density at radius 3 is 2.39 bits per heavy atom. The first-order chi connectivity index (χ1) is 33.2. The molecule has 0 saturated carbocycles. The number of aryl methyl sites for hydroxylation is 1. The summed E-state index contributed by atoms with van der Waals surface area (Å²) in [6, 6.07) is 20.8. The number of benzene rings is 4. The second-order valence-corrected chi connectivity index (χ2v) is 17.2. The fourth-order valence-electron chi connectivity index (χ4n) is 8.71. The van der Waals surface area contributed by atoms with Crippen LogP contribution in [-0.2, 0) is 38.1 Å². The predicted molar refractivity (Wildman–Crippen MR) is 246 cm³/mol. The van der Waals surface area contributed by atoms with Crippen LogP contribution in [0.2, 0.25) is 5.02 Å². The van der Waals surface area contributed by atoms with Gasteiger partial charge in [-0.3, -0.25) is 49.0 Å². The van der Waals surface area contributed by atoms with E-state index >= 15 is 0 Å². The molecule has 358 valence electrons. The summed E-state index contributed by atoms with van der Waals surface area (Å²) in [5, 5.41) is 9.00. The molecule has 2 saturated heterocycles. The molecule has 3 aliphatic heterocycles. The minimum absolute atomic E-state index is 0.0396. The number of hydrogen-bond acceptors (Lipinski definition) is 11. The van der Waals surface area contributed by atoms with E-state index in [0.717, 1.165) is 22.6 Å². The quantitative estimate of drug-likeness (QED) is 0.0732. The van der Waals surface area contributed by atoms with Crippen molar-refractivity contribution in [3.05, 3.63) is 128 Å². The van der Waals surface area contributed by atoms with Crippen molar-refractivity contribution in [3.8, 4) is 23.0 Å². The van der Waals surface area contributed by atoms with E-state index in [0.29, 0.717) is 90.0 Å². The molecule has 0 aliphatic carbocycles. The molecule has 17 nitrogen and oxygen atoms in total. The third-order valence-corrected chi connectivity index (χ3v) is 12.6. The Balaban J connectivity index is 0.711. The van der Waals surface area contributed by atoms with Crippen LogP contribution < -0.4 is 20.9 Å². The van der Waals surface area contributed by atoms with E-state index < -0.39 is 47.0 Å². The van der Waals surface area contributed by atoms with Crippen molar-refractivity contribution in [2.75, 3.05) is 64.4 Å². The number of piperazine rings is 1. The molecule has 0 radical (unpaired) electrons. The molecule has 1 unspecified atom stereocenters. The molecule has 21 heteroatoms. The van der Waals surface area contributed by atoms with E-state index in [2.05, 4.69) is 30.6 Å². The van der Waals surface area contributed by atoms with Crippen molar-refractivity contribution >= 4 is 57.9 Å². The highest BCUT2D eigenvalue weighted by Crippen LogP contribution is 2.34. The monoisotopic (exact) mass is 967 g/mol. The van der Waals surface area contributed by atoms with E-state index in [1.165, 1.54) is 16.8 Å². The largest absolute Gasteiger partial charge is 0.491 e.